The quantitative estimate of drug-likeness (QED) is 0.656. The Morgan fingerprint density at radius 2 is 1.44 bits per heavy atom. The molecule has 0 fully saturated rings. The van der Waals surface area contributed by atoms with Gasteiger partial charge >= 0.3 is 0 Å². The van der Waals surface area contributed by atoms with Gasteiger partial charge in [-0.1, -0.05) is 27.7 Å². The Morgan fingerprint density at radius 3 is 2.00 bits per heavy atom. The van der Waals surface area contributed by atoms with Crippen molar-refractivity contribution in [2.45, 2.75) is 77.1 Å². The Balaban J connectivity index is 1.72. The SMILES string of the molecule is Cc1cc2c(cc1O)C(C)(C)CC1(CC(C)(C)c3cc(OC[C@@H](O)CO)c(C)cc3O1)O2. The number of ether oxygens (including phenoxy) is 3. The zero-order chi connectivity index (χ0) is 23.5. The van der Waals surface area contributed by atoms with Crippen LogP contribution in [0.1, 0.15) is 62.8 Å². The molecule has 0 aromatic heterocycles. The molecule has 0 saturated heterocycles. The largest absolute Gasteiger partial charge is 0.508 e. The summed E-state index contributed by atoms with van der Waals surface area (Å²) in [6.45, 7) is 12.2. The van der Waals surface area contributed by atoms with Crippen molar-refractivity contribution in [2.24, 2.45) is 0 Å². The third kappa shape index (κ3) is 3.90. The first-order valence-corrected chi connectivity index (χ1v) is 11.1. The maximum absolute atomic E-state index is 10.2. The Morgan fingerprint density at radius 1 is 0.906 bits per heavy atom. The van der Waals surface area contributed by atoms with Crippen LogP contribution < -0.4 is 14.2 Å². The Kier molecular flexibility index (Phi) is 5.37. The van der Waals surface area contributed by atoms with Crippen LogP contribution in [-0.2, 0) is 10.8 Å². The van der Waals surface area contributed by atoms with E-state index in [0.29, 0.717) is 18.6 Å². The molecule has 3 N–H and O–H groups in total. The van der Waals surface area contributed by atoms with E-state index in [1.54, 1.807) is 0 Å². The molecule has 2 atom stereocenters. The van der Waals surface area contributed by atoms with Gasteiger partial charge in [-0.05, 0) is 49.2 Å². The van der Waals surface area contributed by atoms with Crippen LogP contribution >= 0.6 is 0 Å². The predicted molar refractivity (Wildman–Crippen MR) is 122 cm³/mol. The number of phenolic OH excluding ortho intramolecular Hbond substituents is 1. The first kappa shape index (κ1) is 22.7. The molecule has 2 heterocycles. The zero-order valence-electron chi connectivity index (χ0n) is 19.8. The van der Waals surface area contributed by atoms with Gasteiger partial charge in [0.1, 0.15) is 35.7 Å². The molecule has 0 amide bonds. The molecule has 2 aromatic rings. The second kappa shape index (κ2) is 7.56. The van der Waals surface area contributed by atoms with E-state index in [4.69, 9.17) is 19.3 Å². The third-order valence-corrected chi connectivity index (χ3v) is 6.69. The van der Waals surface area contributed by atoms with Gasteiger partial charge in [0.05, 0.1) is 6.61 Å². The fraction of sp³-hybridized carbons (Fsp3) is 0.538. The normalized spacial score (nSPS) is 23.5. The standard InChI is InChI=1S/C26H34O6/c1-15-7-22-18(9-20(15)29)24(3,4)13-26(31-22)14-25(5,6)19-10-21(30-12-17(28)11-27)16(2)8-23(19)32-26/h7-10,17,27-29H,11-14H2,1-6H3/t17-,26?/m0/s1. The van der Waals surface area contributed by atoms with Crippen molar-refractivity contribution in [1.82, 2.24) is 0 Å². The number of aryl methyl sites for hydroxylation is 2. The van der Waals surface area contributed by atoms with Gasteiger partial charge in [0.25, 0.3) is 5.79 Å². The second-order valence-corrected chi connectivity index (χ2v) is 10.6. The van der Waals surface area contributed by atoms with Gasteiger partial charge in [-0.15, -0.1) is 0 Å². The second-order valence-electron chi connectivity index (χ2n) is 10.6. The van der Waals surface area contributed by atoms with Crippen molar-refractivity contribution in [1.29, 1.82) is 0 Å². The van der Waals surface area contributed by atoms with Gasteiger partial charge in [0.2, 0.25) is 0 Å². The highest BCUT2D eigenvalue weighted by molar-refractivity contribution is 5.53. The first-order chi connectivity index (χ1) is 14.9. The number of rotatable bonds is 4. The molecule has 1 spiro atoms. The van der Waals surface area contributed by atoms with Crippen LogP contribution in [0.5, 0.6) is 23.0 Å². The summed E-state index contributed by atoms with van der Waals surface area (Å²) < 4.78 is 18.9. The number of aromatic hydroxyl groups is 1. The van der Waals surface area contributed by atoms with Crippen molar-refractivity contribution >= 4 is 0 Å². The molecule has 6 heteroatoms. The molecular formula is C26H34O6. The predicted octanol–water partition coefficient (Wildman–Crippen LogP) is 4.26. The van der Waals surface area contributed by atoms with E-state index in [0.717, 1.165) is 33.8 Å². The molecule has 2 aliphatic rings. The minimum absolute atomic E-state index is 0.0294. The number of phenols is 1. The Labute approximate surface area is 189 Å². The summed E-state index contributed by atoms with van der Waals surface area (Å²) >= 11 is 0. The molecule has 2 aliphatic heterocycles. The van der Waals surface area contributed by atoms with Gasteiger partial charge in [-0.2, -0.15) is 0 Å². The highest BCUT2D eigenvalue weighted by atomic mass is 16.7. The fourth-order valence-electron chi connectivity index (χ4n) is 5.12. The molecule has 174 valence electrons. The fourth-order valence-corrected chi connectivity index (χ4v) is 5.12. The van der Waals surface area contributed by atoms with Gasteiger partial charge in [0, 0.05) is 34.8 Å². The zero-order valence-corrected chi connectivity index (χ0v) is 19.8. The number of hydrogen-bond donors (Lipinski definition) is 3. The third-order valence-electron chi connectivity index (χ3n) is 6.69. The summed E-state index contributed by atoms with van der Waals surface area (Å²) in [7, 11) is 0. The molecule has 0 aliphatic carbocycles. The minimum Gasteiger partial charge on any atom is -0.508 e. The minimum atomic E-state index is -0.918. The van der Waals surface area contributed by atoms with Crippen LogP contribution in [0, 0.1) is 13.8 Å². The van der Waals surface area contributed by atoms with Crippen LogP contribution in [0.15, 0.2) is 24.3 Å². The highest BCUT2D eigenvalue weighted by Gasteiger charge is 2.53. The topological polar surface area (TPSA) is 88.4 Å². The highest BCUT2D eigenvalue weighted by Crippen LogP contribution is 2.55. The van der Waals surface area contributed by atoms with Crippen molar-refractivity contribution in [3.8, 4) is 23.0 Å². The average molecular weight is 443 g/mol. The van der Waals surface area contributed by atoms with E-state index in [-0.39, 0.29) is 29.8 Å². The number of aliphatic hydroxyl groups is 2. The molecule has 1 unspecified atom stereocenters. The monoisotopic (exact) mass is 442 g/mol. The van der Waals surface area contributed by atoms with Crippen LogP contribution in [-0.4, -0.2) is 40.4 Å². The smallest absolute Gasteiger partial charge is 0.252 e. The molecule has 6 nitrogen and oxygen atoms in total. The molecular weight excluding hydrogens is 408 g/mol. The van der Waals surface area contributed by atoms with Gasteiger partial charge < -0.3 is 29.5 Å². The Bertz CT molecular complexity index is 1040. The molecule has 4 rings (SSSR count). The molecule has 0 radical (unpaired) electrons. The van der Waals surface area contributed by atoms with Crippen molar-refractivity contribution in [3.05, 3.63) is 46.5 Å². The lowest BCUT2D eigenvalue weighted by Gasteiger charge is -2.51. The lowest BCUT2D eigenvalue weighted by Crippen LogP contribution is -2.55. The van der Waals surface area contributed by atoms with Crippen LogP contribution in [0.2, 0.25) is 0 Å². The van der Waals surface area contributed by atoms with Crippen molar-refractivity contribution < 1.29 is 29.5 Å². The average Bonchev–Trinajstić information content (AvgIpc) is 2.67. The van der Waals surface area contributed by atoms with Gasteiger partial charge in [-0.3, -0.25) is 0 Å². The van der Waals surface area contributed by atoms with Gasteiger partial charge in [-0.25, -0.2) is 0 Å². The molecule has 32 heavy (non-hydrogen) atoms. The maximum Gasteiger partial charge on any atom is 0.252 e. The van der Waals surface area contributed by atoms with E-state index in [1.807, 2.05) is 38.1 Å². The van der Waals surface area contributed by atoms with Crippen molar-refractivity contribution in [2.75, 3.05) is 13.2 Å². The Hall–Kier alpha value is -2.44. The molecule has 0 saturated carbocycles. The lowest BCUT2D eigenvalue weighted by atomic mass is 9.69. The summed E-state index contributed by atoms with van der Waals surface area (Å²) in [4.78, 5) is 0. The number of fused-ring (bicyclic) bond motifs is 2. The number of aliphatic hydroxyl groups excluding tert-OH is 2. The van der Waals surface area contributed by atoms with E-state index in [1.165, 1.54) is 0 Å². The summed E-state index contributed by atoms with van der Waals surface area (Å²) in [6.07, 6.45) is 0.384. The van der Waals surface area contributed by atoms with E-state index >= 15 is 0 Å². The van der Waals surface area contributed by atoms with Gasteiger partial charge in [0.15, 0.2) is 0 Å². The van der Waals surface area contributed by atoms with Crippen LogP contribution in [0.25, 0.3) is 0 Å². The molecule has 2 aromatic carbocycles. The van der Waals surface area contributed by atoms with Crippen LogP contribution in [0.4, 0.5) is 0 Å². The summed E-state index contributed by atoms with van der Waals surface area (Å²) in [6, 6.07) is 7.65. The number of benzene rings is 2. The first-order valence-electron chi connectivity index (χ1n) is 11.1. The summed E-state index contributed by atoms with van der Waals surface area (Å²) in [5, 5.41) is 29.0. The molecule has 0 bridgehead atoms. The van der Waals surface area contributed by atoms with E-state index in [2.05, 4.69) is 27.7 Å². The lowest BCUT2D eigenvalue weighted by molar-refractivity contribution is -0.166. The van der Waals surface area contributed by atoms with Crippen LogP contribution in [0.3, 0.4) is 0 Å². The summed E-state index contributed by atoms with van der Waals surface area (Å²) in [5.41, 5.74) is 3.17. The maximum atomic E-state index is 10.2. The summed E-state index contributed by atoms with van der Waals surface area (Å²) in [5.74, 6) is 1.65. The van der Waals surface area contributed by atoms with Crippen molar-refractivity contribution in [3.63, 3.8) is 0 Å². The van der Waals surface area contributed by atoms with E-state index in [9.17, 15) is 10.2 Å². The van der Waals surface area contributed by atoms with E-state index < -0.39 is 11.9 Å². The number of hydrogen-bond acceptors (Lipinski definition) is 6.